The number of rotatable bonds is 18. The molecule has 1 rings (SSSR count). The molecule has 29 heavy (non-hydrogen) atoms. The monoisotopic (exact) mass is 416 g/mol. The number of amides is 3. The molecule has 10 nitrogen and oxygen atoms in total. The van der Waals surface area contributed by atoms with Crippen molar-refractivity contribution in [1.82, 2.24) is 10.2 Å². The summed E-state index contributed by atoms with van der Waals surface area (Å²) >= 11 is 0. The summed E-state index contributed by atoms with van der Waals surface area (Å²) in [4.78, 5) is 46.4. The molecule has 0 aromatic heterocycles. The van der Waals surface area contributed by atoms with Crippen LogP contribution < -0.4 is 5.32 Å². The zero-order valence-electron chi connectivity index (χ0n) is 17.1. The van der Waals surface area contributed by atoms with E-state index in [-0.39, 0.29) is 43.0 Å². The third-order valence-electron chi connectivity index (χ3n) is 4.10. The van der Waals surface area contributed by atoms with E-state index in [1.54, 1.807) is 6.92 Å². The second kappa shape index (κ2) is 16.0. The van der Waals surface area contributed by atoms with Gasteiger partial charge in [-0.05, 0) is 0 Å². The largest absolute Gasteiger partial charge is 0.379 e. The van der Waals surface area contributed by atoms with E-state index in [1.807, 2.05) is 0 Å². The highest BCUT2D eigenvalue weighted by atomic mass is 16.6. The van der Waals surface area contributed by atoms with Crippen LogP contribution in [0.4, 0.5) is 0 Å². The zero-order chi connectivity index (χ0) is 21.3. The third-order valence-corrected chi connectivity index (χ3v) is 4.10. The topological polar surface area (TPSA) is 120 Å². The van der Waals surface area contributed by atoms with Gasteiger partial charge in [-0.3, -0.25) is 19.3 Å². The summed E-state index contributed by atoms with van der Waals surface area (Å²) in [7, 11) is 0. The van der Waals surface area contributed by atoms with Crippen molar-refractivity contribution in [3.8, 4) is 0 Å². The van der Waals surface area contributed by atoms with Crippen LogP contribution in [0.1, 0.15) is 26.2 Å². The van der Waals surface area contributed by atoms with Gasteiger partial charge >= 0.3 is 0 Å². The first-order chi connectivity index (χ1) is 14.1. The average Bonchev–Trinajstić information content (AvgIpc) is 2.94. The van der Waals surface area contributed by atoms with Crippen molar-refractivity contribution in [2.75, 3.05) is 65.9 Å². The van der Waals surface area contributed by atoms with E-state index < -0.39 is 0 Å². The van der Waals surface area contributed by atoms with Gasteiger partial charge in [0.25, 0.3) is 0 Å². The molecule has 0 radical (unpaired) electrons. The summed E-state index contributed by atoms with van der Waals surface area (Å²) in [5.74, 6) is -0.940. The van der Waals surface area contributed by atoms with Crippen molar-refractivity contribution < 1.29 is 38.1 Å². The summed E-state index contributed by atoms with van der Waals surface area (Å²) in [5, 5.41) is 2.69. The summed E-state index contributed by atoms with van der Waals surface area (Å²) < 4.78 is 21.1. The van der Waals surface area contributed by atoms with Gasteiger partial charge in [0, 0.05) is 38.3 Å². The first kappa shape index (κ1) is 25.2. The van der Waals surface area contributed by atoms with Gasteiger partial charge in [-0.25, -0.2) is 0 Å². The fourth-order valence-electron chi connectivity index (χ4n) is 2.54. The van der Waals surface area contributed by atoms with Crippen molar-refractivity contribution in [1.29, 1.82) is 0 Å². The molecule has 10 heteroatoms. The van der Waals surface area contributed by atoms with Gasteiger partial charge in [0.15, 0.2) is 0 Å². The Bertz CT molecular complexity index is 514. The fraction of sp³-hybridized carbons (Fsp3) is 0.789. The maximum Gasteiger partial charge on any atom is 0.232 e. The predicted octanol–water partition coefficient (Wildman–Crippen LogP) is -0.457. The molecule has 1 aliphatic heterocycles. The Labute approximate surface area is 171 Å². The molecule has 1 fully saturated rings. The summed E-state index contributed by atoms with van der Waals surface area (Å²) in [6.07, 6.45) is 1.52. The van der Waals surface area contributed by atoms with Gasteiger partial charge in [-0.2, -0.15) is 0 Å². The van der Waals surface area contributed by atoms with E-state index in [0.717, 1.165) is 11.2 Å². The molecule has 1 heterocycles. The standard InChI is InChI=1S/C19H32N2O8/c1-16-15-18(24)21(19(16)25)5-3-17(23)20-4-8-27-10-12-29-14-13-28-11-9-26-7-2-6-22/h6,16H,2-5,7-15H2,1H3,(H,20,23). The Morgan fingerprint density at radius 1 is 1.00 bits per heavy atom. The SMILES string of the molecule is CC1CC(=O)N(CCC(=O)NCCOCCOCCOCCOCCC=O)C1=O. The maximum atomic E-state index is 11.8. The highest BCUT2D eigenvalue weighted by Crippen LogP contribution is 2.18. The quantitative estimate of drug-likeness (QED) is 0.181. The Hall–Kier alpha value is -1.88. The van der Waals surface area contributed by atoms with Crippen molar-refractivity contribution in [2.24, 2.45) is 5.92 Å². The fourth-order valence-corrected chi connectivity index (χ4v) is 2.54. The van der Waals surface area contributed by atoms with Gasteiger partial charge in [0.05, 0.1) is 52.9 Å². The van der Waals surface area contributed by atoms with E-state index in [9.17, 15) is 19.2 Å². The minimum Gasteiger partial charge on any atom is -0.379 e. The van der Waals surface area contributed by atoms with Crippen molar-refractivity contribution in [3.05, 3.63) is 0 Å². The number of carbonyl (C=O) groups is 4. The molecule has 1 unspecified atom stereocenters. The minimum absolute atomic E-state index is 0.0927. The highest BCUT2D eigenvalue weighted by molar-refractivity contribution is 6.03. The van der Waals surface area contributed by atoms with Crippen LogP contribution in [0, 0.1) is 5.92 Å². The van der Waals surface area contributed by atoms with Crippen LogP contribution >= 0.6 is 0 Å². The first-order valence-electron chi connectivity index (χ1n) is 9.91. The van der Waals surface area contributed by atoms with Crippen LogP contribution in [-0.4, -0.2) is 94.9 Å². The molecule has 0 aromatic carbocycles. The van der Waals surface area contributed by atoms with E-state index in [0.29, 0.717) is 65.8 Å². The van der Waals surface area contributed by atoms with Crippen LogP contribution in [0.3, 0.4) is 0 Å². The van der Waals surface area contributed by atoms with Crippen LogP contribution in [0.2, 0.25) is 0 Å². The van der Waals surface area contributed by atoms with Crippen molar-refractivity contribution >= 4 is 24.0 Å². The number of ether oxygens (including phenoxy) is 4. The van der Waals surface area contributed by atoms with Gasteiger partial charge in [0.1, 0.15) is 6.29 Å². The molecule has 1 N–H and O–H groups in total. The second-order valence-corrected chi connectivity index (χ2v) is 6.49. The molecule has 1 aliphatic rings. The van der Waals surface area contributed by atoms with Crippen LogP contribution in [0.25, 0.3) is 0 Å². The number of hydrogen-bond acceptors (Lipinski definition) is 8. The van der Waals surface area contributed by atoms with E-state index in [1.165, 1.54) is 0 Å². The lowest BCUT2D eigenvalue weighted by Gasteiger charge is -2.14. The maximum absolute atomic E-state index is 11.8. The molecule has 166 valence electrons. The first-order valence-corrected chi connectivity index (χ1v) is 9.91. The molecule has 1 saturated heterocycles. The molecule has 0 spiro atoms. The van der Waals surface area contributed by atoms with Crippen molar-refractivity contribution in [3.63, 3.8) is 0 Å². The number of nitrogens with one attached hydrogen (secondary N) is 1. The van der Waals surface area contributed by atoms with Gasteiger partial charge in [0.2, 0.25) is 17.7 Å². The van der Waals surface area contributed by atoms with Gasteiger partial charge in [-0.15, -0.1) is 0 Å². The lowest BCUT2D eigenvalue weighted by Crippen LogP contribution is -2.35. The lowest BCUT2D eigenvalue weighted by atomic mass is 10.1. The number of likely N-dealkylation sites (tertiary alicyclic amines) is 1. The molecule has 0 aliphatic carbocycles. The van der Waals surface area contributed by atoms with Crippen LogP contribution in [0.5, 0.6) is 0 Å². The molecular weight excluding hydrogens is 384 g/mol. The highest BCUT2D eigenvalue weighted by Gasteiger charge is 2.35. The summed E-state index contributed by atoms with van der Waals surface area (Å²) in [6.45, 7) is 5.58. The number of hydrogen-bond donors (Lipinski definition) is 1. The number of nitrogens with zero attached hydrogens (tertiary/aromatic N) is 1. The van der Waals surface area contributed by atoms with E-state index in [2.05, 4.69) is 5.32 Å². The molecule has 0 bridgehead atoms. The van der Waals surface area contributed by atoms with Crippen LogP contribution in [-0.2, 0) is 38.1 Å². The summed E-state index contributed by atoms with van der Waals surface area (Å²) in [6, 6.07) is 0. The van der Waals surface area contributed by atoms with Gasteiger partial charge < -0.3 is 29.1 Å². The molecule has 0 saturated carbocycles. The lowest BCUT2D eigenvalue weighted by molar-refractivity contribution is -0.139. The summed E-state index contributed by atoms with van der Waals surface area (Å²) in [5.41, 5.74) is 0. The Balaban J connectivity index is 1.84. The molecular formula is C19H32N2O8. The molecule has 1 atom stereocenters. The third kappa shape index (κ3) is 11.6. The number of aldehydes is 1. The van der Waals surface area contributed by atoms with E-state index >= 15 is 0 Å². The normalized spacial score (nSPS) is 16.4. The average molecular weight is 416 g/mol. The Morgan fingerprint density at radius 3 is 2.07 bits per heavy atom. The Morgan fingerprint density at radius 2 is 1.55 bits per heavy atom. The minimum atomic E-state index is -0.291. The van der Waals surface area contributed by atoms with E-state index in [4.69, 9.17) is 18.9 Å². The predicted molar refractivity (Wildman–Crippen MR) is 102 cm³/mol. The van der Waals surface area contributed by atoms with Crippen molar-refractivity contribution in [2.45, 2.75) is 26.2 Å². The Kier molecular flexibility index (Phi) is 13.9. The van der Waals surface area contributed by atoms with Crippen LogP contribution in [0.15, 0.2) is 0 Å². The number of carbonyl (C=O) groups excluding carboxylic acids is 4. The van der Waals surface area contributed by atoms with Gasteiger partial charge in [-0.1, -0.05) is 6.92 Å². The molecule has 3 amide bonds. The smallest absolute Gasteiger partial charge is 0.232 e. The molecule has 0 aromatic rings. The zero-order valence-corrected chi connectivity index (χ0v) is 17.1. The second-order valence-electron chi connectivity index (χ2n) is 6.49. The number of imide groups is 1.